The van der Waals surface area contributed by atoms with Crippen LogP contribution < -0.4 is 5.32 Å². The average molecular weight is 233 g/mol. The summed E-state index contributed by atoms with van der Waals surface area (Å²) in [4.78, 5) is 15.0. The average Bonchev–Trinajstić information content (AvgIpc) is 2.83. The summed E-state index contributed by atoms with van der Waals surface area (Å²) >= 11 is 0. The van der Waals surface area contributed by atoms with Gasteiger partial charge in [0.05, 0.1) is 5.56 Å². The predicted octanol–water partition coefficient (Wildman–Crippen LogP) is 1.45. The van der Waals surface area contributed by atoms with Gasteiger partial charge in [-0.3, -0.25) is 4.79 Å². The van der Waals surface area contributed by atoms with Crippen LogP contribution in [-0.2, 0) is 6.54 Å². The molecule has 0 spiro atoms. The molecule has 0 saturated heterocycles. The van der Waals surface area contributed by atoms with E-state index in [2.05, 4.69) is 10.3 Å². The number of nitrogens with zero attached hydrogens (tertiary/aromatic N) is 2. The van der Waals surface area contributed by atoms with Crippen LogP contribution in [0, 0.1) is 5.95 Å². The Hall–Kier alpha value is -2.17. The van der Waals surface area contributed by atoms with Crippen LogP contribution >= 0.6 is 0 Å². The number of rotatable bonds is 4. The number of pyridine rings is 1. The van der Waals surface area contributed by atoms with E-state index in [0.717, 1.165) is 0 Å². The molecule has 0 atom stereocenters. The minimum absolute atomic E-state index is 0.246. The Bertz CT molecular complexity index is 479. The lowest BCUT2D eigenvalue weighted by molar-refractivity contribution is 0.0952. The molecule has 2 heterocycles. The number of halogens is 1. The SMILES string of the molecule is O=C(NCCn1cccc1)c1ccc(F)nc1. The molecule has 2 aromatic heterocycles. The van der Waals surface area contributed by atoms with E-state index in [1.807, 2.05) is 29.1 Å². The second-order valence-corrected chi connectivity index (χ2v) is 3.55. The van der Waals surface area contributed by atoms with Crippen molar-refractivity contribution < 1.29 is 9.18 Å². The largest absolute Gasteiger partial charge is 0.353 e. The topological polar surface area (TPSA) is 46.9 Å². The molecular formula is C12H12FN3O. The van der Waals surface area contributed by atoms with Crippen LogP contribution in [0.3, 0.4) is 0 Å². The Morgan fingerprint density at radius 1 is 1.35 bits per heavy atom. The lowest BCUT2D eigenvalue weighted by Gasteiger charge is -2.05. The number of carbonyl (C=O) groups excluding carboxylic acids is 1. The summed E-state index contributed by atoms with van der Waals surface area (Å²) < 4.78 is 14.5. The van der Waals surface area contributed by atoms with Gasteiger partial charge in [0.25, 0.3) is 5.91 Å². The zero-order valence-corrected chi connectivity index (χ0v) is 9.14. The van der Waals surface area contributed by atoms with E-state index in [-0.39, 0.29) is 5.91 Å². The van der Waals surface area contributed by atoms with Gasteiger partial charge in [0.1, 0.15) is 0 Å². The van der Waals surface area contributed by atoms with E-state index in [9.17, 15) is 9.18 Å². The van der Waals surface area contributed by atoms with Crippen LogP contribution in [0.2, 0.25) is 0 Å². The molecule has 2 aromatic rings. The van der Waals surface area contributed by atoms with Crippen LogP contribution in [0.1, 0.15) is 10.4 Å². The summed E-state index contributed by atoms with van der Waals surface area (Å²) in [6.07, 6.45) is 5.07. The Kier molecular flexibility index (Phi) is 3.49. The van der Waals surface area contributed by atoms with Crippen LogP contribution in [0.4, 0.5) is 4.39 Å². The number of amides is 1. The fourth-order valence-electron chi connectivity index (χ4n) is 1.43. The highest BCUT2D eigenvalue weighted by atomic mass is 19.1. The van der Waals surface area contributed by atoms with Crippen molar-refractivity contribution in [2.24, 2.45) is 0 Å². The maximum absolute atomic E-state index is 12.5. The smallest absolute Gasteiger partial charge is 0.252 e. The standard InChI is InChI=1S/C12H12FN3O/c13-11-4-3-10(9-15-11)12(17)14-5-8-16-6-1-2-7-16/h1-4,6-7,9H,5,8H2,(H,14,17). The zero-order valence-electron chi connectivity index (χ0n) is 9.14. The van der Waals surface area contributed by atoms with Crippen molar-refractivity contribution in [3.63, 3.8) is 0 Å². The number of nitrogens with one attached hydrogen (secondary N) is 1. The molecule has 0 radical (unpaired) electrons. The van der Waals surface area contributed by atoms with E-state index in [0.29, 0.717) is 18.7 Å². The van der Waals surface area contributed by atoms with Crippen LogP contribution in [0.5, 0.6) is 0 Å². The highest BCUT2D eigenvalue weighted by molar-refractivity contribution is 5.93. The molecule has 1 amide bonds. The van der Waals surface area contributed by atoms with Crippen molar-refractivity contribution in [3.05, 3.63) is 54.4 Å². The molecule has 0 aliphatic rings. The van der Waals surface area contributed by atoms with Gasteiger partial charge in [0.15, 0.2) is 0 Å². The molecule has 4 nitrogen and oxygen atoms in total. The molecule has 0 aromatic carbocycles. The van der Waals surface area contributed by atoms with Gasteiger partial charge in [-0.2, -0.15) is 4.39 Å². The Morgan fingerprint density at radius 2 is 2.12 bits per heavy atom. The first kappa shape index (κ1) is 11.3. The molecule has 1 N–H and O–H groups in total. The van der Waals surface area contributed by atoms with Crippen LogP contribution in [0.15, 0.2) is 42.9 Å². The first-order valence-electron chi connectivity index (χ1n) is 5.26. The van der Waals surface area contributed by atoms with E-state index in [4.69, 9.17) is 0 Å². The number of hydrogen-bond donors (Lipinski definition) is 1. The number of hydrogen-bond acceptors (Lipinski definition) is 2. The third-order valence-corrected chi connectivity index (χ3v) is 2.31. The van der Waals surface area contributed by atoms with Gasteiger partial charge < -0.3 is 9.88 Å². The van der Waals surface area contributed by atoms with E-state index < -0.39 is 5.95 Å². The van der Waals surface area contributed by atoms with Crippen LogP contribution in [-0.4, -0.2) is 22.0 Å². The molecular weight excluding hydrogens is 221 g/mol. The summed E-state index contributed by atoms with van der Waals surface area (Å²) in [5.74, 6) is -0.835. The quantitative estimate of drug-likeness (QED) is 0.812. The van der Waals surface area contributed by atoms with Gasteiger partial charge in [0, 0.05) is 31.7 Å². The molecule has 0 unspecified atom stereocenters. The Morgan fingerprint density at radius 3 is 2.76 bits per heavy atom. The summed E-state index contributed by atoms with van der Waals surface area (Å²) in [5.41, 5.74) is 0.360. The fraction of sp³-hybridized carbons (Fsp3) is 0.167. The lowest BCUT2D eigenvalue weighted by Crippen LogP contribution is -2.27. The second kappa shape index (κ2) is 5.25. The Balaban J connectivity index is 1.83. The van der Waals surface area contributed by atoms with E-state index >= 15 is 0 Å². The van der Waals surface area contributed by atoms with Crippen molar-refractivity contribution in [1.82, 2.24) is 14.9 Å². The van der Waals surface area contributed by atoms with Crippen molar-refractivity contribution in [2.75, 3.05) is 6.54 Å². The van der Waals surface area contributed by atoms with Crippen LogP contribution in [0.25, 0.3) is 0 Å². The summed E-state index contributed by atoms with van der Waals surface area (Å²) in [5, 5.41) is 2.73. The third-order valence-electron chi connectivity index (χ3n) is 2.31. The van der Waals surface area contributed by atoms with Crippen molar-refractivity contribution >= 4 is 5.91 Å². The minimum Gasteiger partial charge on any atom is -0.353 e. The minimum atomic E-state index is -0.589. The first-order chi connectivity index (χ1) is 8.25. The highest BCUT2D eigenvalue weighted by Crippen LogP contribution is 1.98. The lowest BCUT2D eigenvalue weighted by atomic mass is 10.2. The molecule has 17 heavy (non-hydrogen) atoms. The fourth-order valence-corrected chi connectivity index (χ4v) is 1.43. The molecule has 0 aliphatic carbocycles. The molecule has 0 aliphatic heterocycles. The zero-order chi connectivity index (χ0) is 12.1. The highest BCUT2D eigenvalue weighted by Gasteiger charge is 2.04. The van der Waals surface area contributed by atoms with Crippen molar-refractivity contribution in [3.8, 4) is 0 Å². The first-order valence-corrected chi connectivity index (χ1v) is 5.26. The molecule has 2 rings (SSSR count). The Labute approximate surface area is 98.1 Å². The summed E-state index contributed by atoms with van der Waals surface area (Å²) in [6.45, 7) is 1.22. The monoisotopic (exact) mass is 233 g/mol. The van der Waals surface area contributed by atoms with Gasteiger partial charge >= 0.3 is 0 Å². The predicted molar refractivity (Wildman–Crippen MR) is 61.0 cm³/mol. The van der Waals surface area contributed by atoms with Crippen molar-refractivity contribution in [1.29, 1.82) is 0 Å². The summed E-state index contributed by atoms with van der Waals surface area (Å²) in [7, 11) is 0. The summed E-state index contributed by atoms with van der Waals surface area (Å²) in [6, 6.07) is 6.42. The van der Waals surface area contributed by atoms with Crippen molar-refractivity contribution in [2.45, 2.75) is 6.54 Å². The van der Waals surface area contributed by atoms with Gasteiger partial charge in [-0.25, -0.2) is 4.98 Å². The third kappa shape index (κ3) is 3.14. The maximum Gasteiger partial charge on any atom is 0.252 e. The van der Waals surface area contributed by atoms with E-state index in [1.165, 1.54) is 18.3 Å². The van der Waals surface area contributed by atoms with Gasteiger partial charge in [-0.15, -0.1) is 0 Å². The van der Waals surface area contributed by atoms with Gasteiger partial charge in [0.2, 0.25) is 5.95 Å². The molecule has 5 heteroatoms. The second-order valence-electron chi connectivity index (χ2n) is 3.55. The molecule has 0 fully saturated rings. The van der Waals surface area contributed by atoms with Gasteiger partial charge in [-0.1, -0.05) is 0 Å². The normalized spacial score (nSPS) is 10.2. The molecule has 0 saturated carbocycles. The molecule has 0 bridgehead atoms. The number of aromatic nitrogens is 2. The maximum atomic E-state index is 12.5. The van der Waals surface area contributed by atoms with E-state index in [1.54, 1.807) is 0 Å². The number of carbonyl (C=O) groups is 1. The molecule has 88 valence electrons. The van der Waals surface area contributed by atoms with Gasteiger partial charge in [-0.05, 0) is 24.3 Å².